The summed E-state index contributed by atoms with van der Waals surface area (Å²) >= 11 is 0. The molecule has 104 valence electrons. The lowest BCUT2D eigenvalue weighted by Crippen LogP contribution is -2.32. The molecule has 2 atom stereocenters. The largest absolute Gasteiger partial charge is 0.339 e. The zero-order valence-electron chi connectivity index (χ0n) is 12.5. The summed E-state index contributed by atoms with van der Waals surface area (Å²) in [6.45, 7) is 11.0. The first-order valence-corrected chi connectivity index (χ1v) is 6.95. The normalized spacial score (nSPS) is 15.3. The Morgan fingerprint density at radius 3 is 2.33 bits per heavy atom. The average Bonchev–Trinajstić information content (AvgIpc) is 2.74. The van der Waals surface area contributed by atoms with Gasteiger partial charge in [-0.15, -0.1) is 0 Å². The number of aromatic nitrogens is 2. The van der Waals surface area contributed by atoms with Crippen molar-refractivity contribution in [3.05, 3.63) is 11.7 Å². The topological polar surface area (TPSA) is 51.0 Å². The highest BCUT2D eigenvalue weighted by atomic mass is 16.5. The standard InChI is InChI=1S/C14H27N3O/c1-9(2)7-8-12-16-14(18-17-12)13(10(3)4)11(5)15-6/h9-11,13,15H,7-8H2,1-6H3. The molecule has 0 aliphatic heterocycles. The maximum absolute atomic E-state index is 5.44. The highest BCUT2D eigenvalue weighted by Crippen LogP contribution is 2.26. The van der Waals surface area contributed by atoms with E-state index >= 15 is 0 Å². The van der Waals surface area contributed by atoms with Crippen molar-refractivity contribution in [1.29, 1.82) is 0 Å². The lowest BCUT2D eigenvalue weighted by atomic mass is 9.89. The summed E-state index contributed by atoms with van der Waals surface area (Å²) in [5, 5.41) is 7.37. The number of hydrogen-bond acceptors (Lipinski definition) is 4. The number of aryl methyl sites for hydroxylation is 1. The lowest BCUT2D eigenvalue weighted by molar-refractivity contribution is 0.284. The first-order valence-electron chi connectivity index (χ1n) is 6.95. The Morgan fingerprint density at radius 2 is 1.83 bits per heavy atom. The third-order valence-corrected chi connectivity index (χ3v) is 3.43. The molecule has 1 heterocycles. The van der Waals surface area contributed by atoms with Crippen LogP contribution < -0.4 is 5.32 Å². The van der Waals surface area contributed by atoms with Crippen molar-refractivity contribution in [3.63, 3.8) is 0 Å². The Bertz CT molecular complexity index is 347. The van der Waals surface area contributed by atoms with Gasteiger partial charge >= 0.3 is 0 Å². The molecular weight excluding hydrogens is 226 g/mol. The van der Waals surface area contributed by atoms with E-state index in [2.05, 4.69) is 50.1 Å². The van der Waals surface area contributed by atoms with Gasteiger partial charge in [0.25, 0.3) is 0 Å². The van der Waals surface area contributed by atoms with Crippen LogP contribution in [0, 0.1) is 11.8 Å². The summed E-state index contributed by atoms with van der Waals surface area (Å²) in [6.07, 6.45) is 2.01. The van der Waals surface area contributed by atoms with Crippen molar-refractivity contribution < 1.29 is 4.52 Å². The maximum atomic E-state index is 5.44. The van der Waals surface area contributed by atoms with Gasteiger partial charge in [-0.2, -0.15) is 4.98 Å². The first kappa shape index (κ1) is 15.2. The molecule has 0 saturated carbocycles. The summed E-state index contributed by atoms with van der Waals surface area (Å²) in [6, 6.07) is 0.336. The van der Waals surface area contributed by atoms with Gasteiger partial charge in [0, 0.05) is 12.5 Å². The molecular formula is C14H27N3O. The van der Waals surface area contributed by atoms with E-state index in [-0.39, 0.29) is 5.92 Å². The van der Waals surface area contributed by atoms with Crippen LogP contribution in [0.4, 0.5) is 0 Å². The Labute approximate surface area is 111 Å². The summed E-state index contributed by atoms with van der Waals surface area (Å²) in [5.41, 5.74) is 0. The summed E-state index contributed by atoms with van der Waals surface area (Å²) in [7, 11) is 1.97. The van der Waals surface area contributed by atoms with Crippen molar-refractivity contribution in [1.82, 2.24) is 15.5 Å². The van der Waals surface area contributed by atoms with E-state index in [0.29, 0.717) is 17.9 Å². The monoisotopic (exact) mass is 253 g/mol. The average molecular weight is 253 g/mol. The minimum Gasteiger partial charge on any atom is -0.339 e. The molecule has 2 unspecified atom stereocenters. The Kier molecular flexibility index (Phi) is 5.79. The van der Waals surface area contributed by atoms with E-state index in [9.17, 15) is 0 Å². The van der Waals surface area contributed by atoms with E-state index < -0.39 is 0 Å². The van der Waals surface area contributed by atoms with E-state index in [1.165, 1.54) is 0 Å². The van der Waals surface area contributed by atoms with Gasteiger partial charge in [-0.3, -0.25) is 0 Å². The fraction of sp³-hybridized carbons (Fsp3) is 0.857. The molecule has 0 radical (unpaired) electrons. The highest BCUT2D eigenvalue weighted by molar-refractivity contribution is 5.00. The zero-order valence-corrected chi connectivity index (χ0v) is 12.5. The van der Waals surface area contributed by atoms with Crippen molar-refractivity contribution in [2.24, 2.45) is 11.8 Å². The van der Waals surface area contributed by atoms with Gasteiger partial charge in [0.05, 0.1) is 5.92 Å². The fourth-order valence-electron chi connectivity index (χ4n) is 2.18. The van der Waals surface area contributed by atoms with Crippen LogP contribution in [0.1, 0.15) is 58.7 Å². The first-order chi connectivity index (χ1) is 8.45. The van der Waals surface area contributed by atoms with Gasteiger partial charge < -0.3 is 9.84 Å². The minimum atomic E-state index is 0.273. The molecule has 0 aliphatic rings. The Hall–Kier alpha value is -0.900. The van der Waals surface area contributed by atoms with Crippen LogP contribution in [0.25, 0.3) is 0 Å². The van der Waals surface area contributed by atoms with Crippen molar-refractivity contribution >= 4 is 0 Å². The molecule has 18 heavy (non-hydrogen) atoms. The number of nitrogens with one attached hydrogen (secondary N) is 1. The van der Waals surface area contributed by atoms with Crippen LogP contribution in [-0.2, 0) is 6.42 Å². The van der Waals surface area contributed by atoms with Gasteiger partial charge in [0.15, 0.2) is 5.82 Å². The molecule has 0 saturated heterocycles. The second-order valence-electron chi connectivity index (χ2n) is 5.83. The highest BCUT2D eigenvalue weighted by Gasteiger charge is 2.27. The maximum Gasteiger partial charge on any atom is 0.231 e. The SMILES string of the molecule is CNC(C)C(c1nc(CCC(C)C)no1)C(C)C. The minimum absolute atomic E-state index is 0.273. The molecule has 0 bridgehead atoms. The van der Waals surface area contributed by atoms with Gasteiger partial charge in [-0.25, -0.2) is 0 Å². The third-order valence-electron chi connectivity index (χ3n) is 3.43. The summed E-state index contributed by atoms with van der Waals surface area (Å²) in [5.74, 6) is 3.03. The number of nitrogens with zero attached hydrogens (tertiary/aromatic N) is 2. The van der Waals surface area contributed by atoms with Crippen LogP contribution in [0.15, 0.2) is 4.52 Å². The summed E-state index contributed by atoms with van der Waals surface area (Å²) in [4.78, 5) is 4.56. The molecule has 4 heteroatoms. The van der Waals surface area contributed by atoms with Crippen molar-refractivity contribution in [2.75, 3.05) is 7.05 Å². The van der Waals surface area contributed by atoms with Crippen LogP contribution in [0.5, 0.6) is 0 Å². The molecule has 0 aliphatic carbocycles. The molecule has 0 aromatic carbocycles. The third kappa shape index (κ3) is 4.09. The molecule has 4 nitrogen and oxygen atoms in total. The van der Waals surface area contributed by atoms with E-state index in [1.54, 1.807) is 0 Å². The predicted octanol–water partition coefficient (Wildman–Crippen LogP) is 3.01. The van der Waals surface area contributed by atoms with Gasteiger partial charge in [0.2, 0.25) is 5.89 Å². The van der Waals surface area contributed by atoms with E-state index in [0.717, 1.165) is 24.6 Å². The quantitative estimate of drug-likeness (QED) is 0.811. The second kappa shape index (κ2) is 6.88. The smallest absolute Gasteiger partial charge is 0.231 e. The number of likely N-dealkylation sites (N-methyl/N-ethyl adjacent to an activating group) is 1. The molecule has 0 spiro atoms. The second-order valence-corrected chi connectivity index (χ2v) is 5.83. The lowest BCUT2D eigenvalue weighted by Gasteiger charge is -2.23. The molecule has 1 aromatic rings. The van der Waals surface area contributed by atoms with Crippen molar-refractivity contribution in [3.8, 4) is 0 Å². The van der Waals surface area contributed by atoms with Gasteiger partial charge in [-0.1, -0.05) is 32.9 Å². The molecule has 1 N–H and O–H groups in total. The van der Waals surface area contributed by atoms with Crippen LogP contribution >= 0.6 is 0 Å². The van der Waals surface area contributed by atoms with Crippen LogP contribution in [0.3, 0.4) is 0 Å². The summed E-state index contributed by atoms with van der Waals surface area (Å²) < 4.78 is 5.44. The number of rotatable bonds is 7. The van der Waals surface area contributed by atoms with Gasteiger partial charge in [0.1, 0.15) is 0 Å². The zero-order chi connectivity index (χ0) is 13.7. The van der Waals surface area contributed by atoms with E-state index in [1.807, 2.05) is 7.05 Å². The molecule has 0 amide bonds. The number of hydrogen-bond donors (Lipinski definition) is 1. The molecule has 1 rings (SSSR count). The van der Waals surface area contributed by atoms with E-state index in [4.69, 9.17) is 4.52 Å². The molecule has 1 aromatic heterocycles. The molecule has 0 fully saturated rings. The Morgan fingerprint density at radius 1 is 1.17 bits per heavy atom. The fourth-order valence-corrected chi connectivity index (χ4v) is 2.18. The van der Waals surface area contributed by atoms with Crippen LogP contribution in [0.2, 0.25) is 0 Å². The predicted molar refractivity (Wildman–Crippen MR) is 73.6 cm³/mol. The Balaban J connectivity index is 2.75. The van der Waals surface area contributed by atoms with Gasteiger partial charge in [-0.05, 0) is 32.2 Å². The van der Waals surface area contributed by atoms with Crippen molar-refractivity contribution in [2.45, 2.75) is 59.4 Å². The van der Waals surface area contributed by atoms with Crippen LogP contribution in [-0.4, -0.2) is 23.2 Å².